The number of allylic oxidation sites excluding steroid dienone is 2. The van der Waals surface area contributed by atoms with E-state index in [1.165, 1.54) is 0 Å². The van der Waals surface area contributed by atoms with Gasteiger partial charge in [0.15, 0.2) is 0 Å². The van der Waals surface area contributed by atoms with Gasteiger partial charge in [0.05, 0.1) is 39.5 Å². The van der Waals surface area contributed by atoms with Gasteiger partial charge in [-0.1, -0.05) is 12.1 Å². The van der Waals surface area contributed by atoms with E-state index in [9.17, 15) is 10.5 Å². The maximum atomic E-state index is 9.70. The predicted molar refractivity (Wildman–Crippen MR) is 127 cm³/mol. The molecule has 5 rings (SSSR count). The Morgan fingerprint density at radius 1 is 0.618 bits per heavy atom. The fourth-order valence-corrected chi connectivity index (χ4v) is 4.72. The van der Waals surface area contributed by atoms with E-state index in [2.05, 4.69) is 9.69 Å². The number of benzene rings is 3. The van der Waals surface area contributed by atoms with E-state index in [1.807, 2.05) is 48.5 Å². The Labute approximate surface area is 196 Å². The van der Waals surface area contributed by atoms with E-state index in [-0.39, 0.29) is 11.4 Å². The standard InChI is InChI=1S/C28H14N4O2/c1-31-25(13-29)27-17-7-5-15(33-3)9-19(17)21-12-24-22(11-23(21)27)20-10-16(34-4)6-8-18(20)28(24)26(14-30)32-2/h5-12H,3-4H3/b27-25-,28-26+. The number of ether oxygens (including phenoxy) is 2. The van der Waals surface area contributed by atoms with Gasteiger partial charge in [0.2, 0.25) is 0 Å². The lowest BCUT2D eigenvalue weighted by Crippen LogP contribution is -1.89. The van der Waals surface area contributed by atoms with Gasteiger partial charge in [-0.2, -0.15) is 0 Å². The number of hydrogen-bond donors (Lipinski definition) is 0. The molecule has 158 valence electrons. The minimum atomic E-state index is 0.00335. The Morgan fingerprint density at radius 2 is 1.00 bits per heavy atom. The van der Waals surface area contributed by atoms with Gasteiger partial charge in [-0.15, -0.1) is 0 Å². The van der Waals surface area contributed by atoms with Gasteiger partial charge in [0.1, 0.15) is 11.5 Å². The van der Waals surface area contributed by atoms with Gasteiger partial charge >= 0.3 is 0 Å². The first-order chi connectivity index (χ1) is 16.6. The van der Waals surface area contributed by atoms with Crippen LogP contribution in [0.5, 0.6) is 11.5 Å². The molecule has 0 amide bonds. The molecule has 0 fully saturated rings. The number of fused-ring (bicyclic) bond motifs is 6. The van der Waals surface area contributed by atoms with Crippen LogP contribution in [0, 0.1) is 35.8 Å². The van der Waals surface area contributed by atoms with Crippen LogP contribution in [0.15, 0.2) is 59.9 Å². The molecule has 3 aromatic rings. The molecule has 34 heavy (non-hydrogen) atoms. The molecule has 2 aliphatic rings. The van der Waals surface area contributed by atoms with Crippen molar-refractivity contribution >= 4 is 11.1 Å². The van der Waals surface area contributed by atoms with Gasteiger partial charge < -0.3 is 9.47 Å². The van der Waals surface area contributed by atoms with Crippen molar-refractivity contribution in [1.29, 1.82) is 10.5 Å². The van der Waals surface area contributed by atoms with Crippen molar-refractivity contribution < 1.29 is 9.47 Å². The highest BCUT2D eigenvalue weighted by Crippen LogP contribution is 2.54. The van der Waals surface area contributed by atoms with Crippen LogP contribution in [0.4, 0.5) is 0 Å². The summed E-state index contributed by atoms with van der Waals surface area (Å²) < 4.78 is 10.8. The van der Waals surface area contributed by atoms with Crippen LogP contribution in [-0.4, -0.2) is 14.2 Å². The van der Waals surface area contributed by atoms with E-state index in [4.69, 9.17) is 22.6 Å². The second-order valence-corrected chi connectivity index (χ2v) is 7.66. The molecular weight excluding hydrogens is 424 g/mol. The Morgan fingerprint density at radius 3 is 1.32 bits per heavy atom. The Hall–Kier alpha value is -5.30. The summed E-state index contributed by atoms with van der Waals surface area (Å²) in [4.78, 5) is 6.98. The lowest BCUT2D eigenvalue weighted by molar-refractivity contribution is 0.415. The molecule has 0 bridgehead atoms. The SMILES string of the molecule is [C-]#[N+]/C(C#N)=C1/c2ccc(OC)cc2-c2cc3c(cc21)-c1cc(OC)ccc1/C3=C(/C#N)[N+]#[C-]. The van der Waals surface area contributed by atoms with Crippen molar-refractivity contribution in [1.82, 2.24) is 0 Å². The number of rotatable bonds is 2. The van der Waals surface area contributed by atoms with Gasteiger partial charge in [-0.25, -0.2) is 20.2 Å². The molecule has 3 aromatic carbocycles. The zero-order chi connectivity index (χ0) is 24.0. The summed E-state index contributed by atoms with van der Waals surface area (Å²) in [6.45, 7) is 15.1. The normalized spacial score (nSPS) is 14.8. The fourth-order valence-electron chi connectivity index (χ4n) is 4.72. The average molecular weight is 438 g/mol. The molecule has 6 heteroatoms. The second kappa shape index (κ2) is 7.68. The molecule has 0 heterocycles. The largest absolute Gasteiger partial charge is 0.497 e. The van der Waals surface area contributed by atoms with Gasteiger partial charge in [0, 0.05) is 11.1 Å². The number of nitrogens with zero attached hydrogens (tertiary/aromatic N) is 4. The van der Waals surface area contributed by atoms with E-state index in [0.29, 0.717) is 22.6 Å². The number of hydrogen-bond acceptors (Lipinski definition) is 4. The van der Waals surface area contributed by atoms with E-state index >= 15 is 0 Å². The van der Waals surface area contributed by atoms with Crippen LogP contribution in [0.2, 0.25) is 0 Å². The van der Waals surface area contributed by atoms with Crippen LogP contribution in [-0.2, 0) is 0 Å². The molecule has 0 saturated heterocycles. The second-order valence-electron chi connectivity index (χ2n) is 7.66. The molecule has 0 spiro atoms. The average Bonchev–Trinajstić information content (AvgIpc) is 3.36. The number of methoxy groups -OCH3 is 2. The molecule has 0 atom stereocenters. The highest BCUT2D eigenvalue weighted by Gasteiger charge is 2.33. The van der Waals surface area contributed by atoms with Crippen LogP contribution in [0.3, 0.4) is 0 Å². The van der Waals surface area contributed by atoms with Gasteiger partial charge in [-0.3, -0.25) is 0 Å². The van der Waals surface area contributed by atoms with Crippen molar-refractivity contribution in [2.24, 2.45) is 0 Å². The first-order valence-corrected chi connectivity index (χ1v) is 10.2. The Balaban J connectivity index is 1.93. The molecule has 0 aliphatic heterocycles. The van der Waals surface area contributed by atoms with Crippen molar-refractivity contribution in [2.45, 2.75) is 0 Å². The van der Waals surface area contributed by atoms with Crippen LogP contribution in [0.1, 0.15) is 22.3 Å². The van der Waals surface area contributed by atoms with E-state index < -0.39 is 0 Å². The quantitative estimate of drug-likeness (QED) is 0.248. The Kier molecular flexibility index (Phi) is 4.65. The monoisotopic (exact) mass is 438 g/mol. The first-order valence-electron chi connectivity index (χ1n) is 10.2. The topological polar surface area (TPSA) is 74.8 Å². The third-order valence-electron chi connectivity index (χ3n) is 6.18. The molecule has 0 saturated carbocycles. The smallest absolute Gasteiger partial charge is 0.270 e. The van der Waals surface area contributed by atoms with Crippen molar-refractivity contribution in [3.8, 4) is 45.9 Å². The third kappa shape index (κ3) is 2.71. The van der Waals surface area contributed by atoms with Crippen LogP contribution < -0.4 is 9.47 Å². The van der Waals surface area contributed by atoms with Gasteiger partial charge in [0.25, 0.3) is 11.4 Å². The summed E-state index contributed by atoms with van der Waals surface area (Å²) >= 11 is 0. The third-order valence-corrected chi connectivity index (χ3v) is 6.18. The molecule has 2 aliphatic carbocycles. The lowest BCUT2D eigenvalue weighted by atomic mass is 9.94. The summed E-state index contributed by atoms with van der Waals surface area (Å²) in [5.74, 6) is 1.30. The predicted octanol–water partition coefficient (Wildman–Crippen LogP) is 6.07. The maximum Gasteiger partial charge on any atom is 0.270 e. The summed E-state index contributed by atoms with van der Waals surface area (Å²) in [6.07, 6.45) is 0. The van der Waals surface area contributed by atoms with Crippen molar-refractivity contribution in [3.63, 3.8) is 0 Å². The molecule has 6 nitrogen and oxygen atoms in total. The maximum absolute atomic E-state index is 9.70. The van der Waals surface area contributed by atoms with Crippen molar-refractivity contribution in [2.75, 3.05) is 14.2 Å². The fraction of sp³-hybridized carbons (Fsp3) is 0.0714. The molecular formula is C28H14N4O2. The minimum Gasteiger partial charge on any atom is -0.497 e. The first kappa shape index (κ1) is 20.6. The van der Waals surface area contributed by atoms with Gasteiger partial charge in [-0.05, 0) is 80.9 Å². The van der Waals surface area contributed by atoms with Crippen molar-refractivity contribution in [3.05, 3.63) is 105 Å². The highest BCUT2D eigenvalue weighted by atomic mass is 16.5. The van der Waals surface area contributed by atoms with Crippen LogP contribution >= 0.6 is 0 Å². The minimum absolute atomic E-state index is 0.00335. The van der Waals surface area contributed by atoms with E-state index in [1.54, 1.807) is 26.4 Å². The molecule has 0 radical (unpaired) electrons. The summed E-state index contributed by atoms with van der Waals surface area (Å²) in [7, 11) is 3.16. The molecule has 0 N–H and O–H groups in total. The highest BCUT2D eigenvalue weighted by molar-refractivity contribution is 6.10. The summed E-state index contributed by atoms with van der Waals surface area (Å²) in [6, 6.07) is 19.0. The molecule has 0 unspecified atom stereocenters. The Bertz CT molecular complexity index is 1510. The summed E-state index contributed by atoms with van der Waals surface area (Å²) in [5.41, 5.74) is 7.50. The zero-order valence-corrected chi connectivity index (χ0v) is 18.2. The van der Waals surface area contributed by atoms with Crippen LogP contribution in [0.25, 0.3) is 43.1 Å². The zero-order valence-electron chi connectivity index (χ0n) is 18.2. The lowest BCUT2D eigenvalue weighted by Gasteiger charge is -2.09. The van der Waals surface area contributed by atoms with E-state index in [0.717, 1.165) is 44.5 Å². The number of nitriles is 2. The summed E-state index contributed by atoms with van der Waals surface area (Å²) in [5, 5.41) is 19.4. The molecule has 0 aromatic heterocycles.